The van der Waals surface area contributed by atoms with Crippen LogP contribution in [0, 0.1) is 0 Å². The summed E-state index contributed by atoms with van der Waals surface area (Å²) < 4.78 is 0. The van der Waals surface area contributed by atoms with Crippen molar-refractivity contribution in [3.8, 4) is 67.4 Å². The molecular weight excluding hydrogens is 645 g/mol. The van der Waals surface area contributed by atoms with Crippen molar-refractivity contribution in [3.05, 3.63) is 205 Å². The Labute approximate surface area is 307 Å². The summed E-state index contributed by atoms with van der Waals surface area (Å²) in [5, 5.41) is 1.19. The van der Waals surface area contributed by atoms with Crippen molar-refractivity contribution in [2.45, 2.75) is 5.41 Å². The van der Waals surface area contributed by atoms with E-state index < -0.39 is 5.41 Å². The maximum absolute atomic E-state index is 5.47. The third-order valence-electron chi connectivity index (χ3n) is 11.0. The van der Waals surface area contributed by atoms with Crippen LogP contribution in [0.5, 0.6) is 0 Å². The van der Waals surface area contributed by atoms with E-state index in [1.54, 1.807) is 12.4 Å². The number of pyridine rings is 4. The number of rotatable bonds is 4. The second-order valence-corrected chi connectivity index (χ2v) is 13.7. The Hall–Kier alpha value is -7.04. The SMILES string of the molecule is c1ccc(-c2cc(-c3ccc(-c4nc5ccccc5c5c4-c4ccccc4C54c5ccccc5-c5ccccc54)cc3)cc(-c3ccccn3)n2)nc1. The molecule has 2 aliphatic carbocycles. The maximum Gasteiger partial charge on any atom is 0.0900 e. The molecule has 4 heteroatoms. The summed E-state index contributed by atoms with van der Waals surface area (Å²) in [5.41, 5.74) is 18.3. The Morgan fingerprint density at radius 2 is 0.887 bits per heavy atom. The monoisotopic (exact) mass is 674 g/mol. The molecule has 4 nitrogen and oxygen atoms in total. The van der Waals surface area contributed by atoms with Gasteiger partial charge in [-0.15, -0.1) is 0 Å². The molecule has 9 aromatic rings. The average molecular weight is 675 g/mol. The molecule has 0 aliphatic heterocycles. The number of benzene rings is 5. The lowest BCUT2D eigenvalue weighted by molar-refractivity contribution is 0.801. The molecule has 4 heterocycles. The standard InChI is InChI=1S/C49H30N4/c1-5-17-38-34(13-1)35-14-2-6-18-39(35)49(38)40-19-7-3-15-36(40)46-47(49)37-16-4-8-20-41(37)53-48(46)32-25-23-31(24-26-32)33-29-44(42-21-9-11-27-50-42)52-45(30-33)43-22-10-12-28-51-43/h1-30H. The lowest BCUT2D eigenvalue weighted by atomic mass is 9.69. The van der Waals surface area contributed by atoms with Crippen LogP contribution < -0.4 is 0 Å². The molecule has 0 unspecified atom stereocenters. The summed E-state index contributed by atoms with van der Waals surface area (Å²) in [5.74, 6) is 0. The van der Waals surface area contributed by atoms with E-state index in [1.807, 2.05) is 36.4 Å². The fourth-order valence-corrected chi connectivity index (χ4v) is 8.84. The molecule has 11 rings (SSSR count). The normalized spacial score (nSPS) is 13.1. The molecule has 0 atom stereocenters. The predicted octanol–water partition coefficient (Wildman–Crippen LogP) is 11.4. The van der Waals surface area contributed by atoms with Crippen molar-refractivity contribution < 1.29 is 0 Å². The van der Waals surface area contributed by atoms with Gasteiger partial charge in [0.1, 0.15) is 0 Å². The van der Waals surface area contributed by atoms with Gasteiger partial charge in [-0.3, -0.25) is 9.97 Å². The minimum atomic E-state index is -0.461. The van der Waals surface area contributed by atoms with Gasteiger partial charge in [-0.1, -0.05) is 127 Å². The fraction of sp³-hybridized carbons (Fsp3) is 0.0204. The molecule has 5 aromatic carbocycles. The minimum absolute atomic E-state index is 0.461. The number of nitrogens with zero attached hydrogens (tertiary/aromatic N) is 4. The van der Waals surface area contributed by atoms with Gasteiger partial charge < -0.3 is 0 Å². The number of hydrogen-bond donors (Lipinski definition) is 0. The third kappa shape index (κ3) is 4.30. The van der Waals surface area contributed by atoms with Crippen LogP contribution in [0.15, 0.2) is 182 Å². The van der Waals surface area contributed by atoms with Gasteiger partial charge in [0.2, 0.25) is 0 Å². The molecule has 0 bridgehead atoms. The summed E-state index contributed by atoms with van der Waals surface area (Å²) in [6.45, 7) is 0. The highest BCUT2D eigenvalue weighted by Crippen LogP contribution is 2.65. The van der Waals surface area contributed by atoms with Gasteiger partial charge in [0, 0.05) is 28.9 Å². The first-order chi connectivity index (χ1) is 26.3. The first-order valence-electron chi connectivity index (χ1n) is 18.0. The van der Waals surface area contributed by atoms with Gasteiger partial charge in [0.15, 0.2) is 0 Å². The van der Waals surface area contributed by atoms with E-state index in [0.29, 0.717) is 0 Å². The Balaban J connectivity index is 1.14. The van der Waals surface area contributed by atoms with Gasteiger partial charge in [0.05, 0.1) is 39.4 Å². The van der Waals surface area contributed by atoms with Crippen LogP contribution in [0.3, 0.4) is 0 Å². The fourth-order valence-electron chi connectivity index (χ4n) is 8.84. The molecule has 0 saturated carbocycles. The van der Waals surface area contributed by atoms with Crippen LogP contribution in [0.1, 0.15) is 22.3 Å². The summed E-state index contributed by atoms with van der Waals surface area (Å²) >= 11 is 0. The zero-order valence-electron chi connectivity index (χ0n) is 28.6. The van der Waals surface area contributed by atoms with Crippen molar-refractivity contribution in [3.63, 3.8) is 0 Å². The van der Waals surface area contributed by atoms with E-state index in [2.05, 4.69) is 143 Å². The summed E-state index contributed by atoms with van der Waals surface area (Å²) in [6.07, 6.45) is 3.61. The summed E-state index contributed by atoms with van der Waals surface area (Å²) in [7, 11) is 0. The molecule has 53 heavy (non-hydrogen) atoms. The van der Waals surface area contributed by atoms with Crippen LogP contribution in [-0.2, 0) is 5.41 Å². The largest absolute Gasteiger partial charge is 0.255 e. The highest BCUT2D eigenvalue weighted by molar-refractivity contribution is 6.06. The predicted molar refractivity (Wildman–Crippen MR) is 213 cm³/mol. The molecule has 0 N–H and O–H groups in total. The van der Waals surface area contributed by atoms with E-state index in [1.165, 1.54) is 49.9 Å². The third-order valence-corrected chi connectivity index (χ3v) is 11.0. The van der Waals surface area contributed by atoms with Crippen molar-refractivity contribution in [1.82, 2.24) is 19.9 Å². The quantitative estimate of drug-likeness (QED) is 0.186. The van der Waals surface area contributed by atoms with Crippen molar-refractivity contribution >= 4 is 10.9 Å². The van der Waals surface area contributed by atoms with Crippen LogP contribution in [-0.4, -0.2) is 19.9 Å². The highest BCUT2D eigenvalue weighted by atomic mass is 14.8. The zero-order chi connectivity index (χ0) is 34.9. The second kappa shape index (κ2) is 11.5. The van der Waals surface area contributed by atoms with E-state index in [9.17, 15) is 0 Å². The Morgan fingerprint density at radius 1 is 0.377 bits per heavy atom. The van der Waals surface area contributed by atoms with Crippen LogP contribution in [0.4, 0.5) is 0 Å². The van der Waals surface area contributed by atoms with Gasteiger partial charge in [-0.25, -0.2) is 9.97 Å². The van der Waals surface area contributed by atoms with Crippen molar-refractivity contribution in [2.24, 2.45) is 0 Å². The molecule has 1 spiro atoms. The van der Waals surface area contributed by atoms with E-state index >= 15 is 0 Å². The first kappa shape index (κ1) is 29.7. The first-order valence-corrected chi connectivity index (χ1v) is 18.0. The van der Waals surface area contributed by atoms with Crippen LogP contribution >= 0.6 is 0 Å². The minimum Gasteiger partial charge on any atom is -0.255 e. The van der Waals surface area contributed by atoms with Crippen LogP contribution in [0.2, 0.25) is 0 Å². The number of hydrogen-bond acceptors (Lipinski definition) is 4. The highest BCUT2D eigenvalue weighted by Gasteiger charge is 2.53. The second-order valence-electron chi connectivity index (χ2n) is 13.7. The molecule has 0 amide bonds. The molecule has 0 fully saturated rings. The Bertz CT molecular complexity index is 2780. The summed E-state index contributed by atoms with van der Waals surface area (Å²) in [4.78, 5) is 19.7. The molecular formula is C49H30N4. The Kier molecular flexibility index (Phi) is 6.43. The molecule has 246 valence electrons. The molecule has 4 aromatic heterocycles. The van der Waals surface area contributed by atoms with Gasteiger partial charge in [0.25, 0.3) is 0 Å². The van der Waals surface area contributed by atoms with Crippen LogP contribution in [0.25, 0.3) is 78.3 Å². The lowest BCUT2D eigenvalue weighted by Gasteiger charge is -2.31. The molecule has 0 saturated heterocycles. The van der Waals surface area contributed by atoms with Gasteiger partial charge >= 0.3 is 0 Å². The summed E-state index contributed by atoms with van der Waals surface area (Å²) in [6, 6.07) is 60.5. The van der Waals surface area contributed by atoms with E-state index in [-0.39, 0.29) is 0 Å². The Morgan fingerprint density at radius 3 is 1.49 bits per heavy atom. The molecule has 0 radical (unpaired) electrons. The lowest BCUT2D eigenvalue weighted by Crippen LogP contribution is -2.26. The molecule has 2 aliphatic rings. The van der Waals surface area contributed by atoms with Crippen molar-refractivity contribution in [1.29, 1.82) is 0 Å². The van der Waals surface area contributed by atoms with Gasteiger partial charge in [-0.2, -0.15) is 0 Å². The maximum atomic E-state index is 5.47. The smallest absolute Gasteiger partial charge is 0.0900 e. The van der Waals surface area contributed by atoms with E-state index in [4.69, 9.17) is 9.97 Å². The zero-order valence-corrected chi connectivity index (χ0v) is 28.6. The van der Waals surface area contributed by atoms with Crippen molar-refractivity contribution in [2.75, 3.05) is 0 Å². The number of fused-ring (bicyclic) bond motifs is 12. The number of aromatic nitrogens is 4. The topological polar surface area (TPSA) is 51.6 Å². The number of para-hydroxylation sites is 1. The average Bonchev–Trinajstić information content (AvgIpc) is 3.72. The van der Waals surface area contributed by atoms with E-state index in [0.717, 1.165) is 50.7 Å². The van der Waals surface area contributed by atoms with Gasteiger partial charge in [-0.05, 0) is 92.5 Å².